The molecule has 0 spiro atoms. The van der Waals surface area contributed by atoms with Gasteiger partial charge in [0.1, 0.15) is 0 Å². The van der Waals surface area contributed by atoms with Crippen molar-refractivity contribution in [3.8, 4) is 66.8 Å². The predicted molar refractivity (Wildman–Crippen MR) is 431 cm³/mol. The van der Waals surface area contributed by atoms with E-state index in [0.717, 1.165) is 44.1 Å². The molecule has 0 fully saturated rings. The first kappa shape index (κ1) is 71.3. The Bertz CT molecular complexity index is 3980. The van der Waals surface area contributed by atoms with Gasteiger partial charge in [0.05, 0.1) is 6.61 Å². The van der Waals surface area contributed by atoms with E-state index < -0.39 is 0 Å². The van der Waals surface area contributed by atoms with E-state index in [0.29, 0.717) is 0 Å². The Morgan fingerprint density at radius 1 is 0.253 bits per heavy atom. The first-order chi connectivity index (χ1) is 48.8. The van der Waals surface area contributed by atoms with Gasteiger partial charge in [-0.15, -0.1) is 0 Å². The van der Waals surface area contributed by atoms with Crippen molar-refractivity contribution in [3.05, 3.63) is 249 Å². The molecule has 1 nitrogen and oxygen atoms in total. The Labute approximate surface area is 598 Å². The van der Waals surface area contributed by atoms with E-state index in [1.54, 1.807) is 50.1 Å². The standard InChI is InChI=1S/C98H116O/c1-7-13-19-31-63-96(64-32-20-14-8-2)88-70-82(79-53-47-76(48-54-79)44-42-74-39-29-26-30-40-74)58-61-85(88)91-93(96)90-84-60-57-81(78-51-45-75(46-52-78)43-41-73-37-27-25-28-38-73)69-87(84)97(65-33-21-15-9-3,66-34-22-16-10-4)94(90)92-86-62-59-83(80-55-49-77(72-99)50-56-80)71-89(86)98(95(91)92,67-35-23-17-11-5)68-36-24-18-12-6/h25-30,37-62,69-71,99H,7-24,31-36,63-68,72H2,1-6H3/b43-41+,44-42+. The average Bonchev–Trinajstić information content (AvgIpc) is 1.48. The Kier molecular flexibility index (Phi) is 24.6. The molecule has 0 radical (unpaired) electrons. The highest BCUT2D eigenvalue weighted by atomic mass is 16.3. The molecule has 0 unspecified atom stereocenters. The number of aliphatic hydroxyl groups is 1. The van der Waals surface area contributed by atoms with Gasteiger partial charge in [0.15, 0.2) is 0 Å². The summed E-state index contributed by atoms with van der Waals surface area (Å²) in [5.41, 5.74) is 32.6. The van der Waals surface area contributed by atoms with Crippen molar-refractivity contribution >= 4 is 24.3 Å². The van der Waals surface area contributed by atoms with E-state index in [1.807, 2.05) is 0 Å². The molecular formula is C98H116O. The average molecular weight is 1310 g/mol. The fourth-order valence-corrected chi connectivity index (χ4v) is 18.4. The number of fused-ring (bicyclic) bond motifs is 12. The summed E-state index contributed by atoms with van der Waals surface area (Å²) in [4.78, 5) is 0. The smallest absolute Gasteiger partial charge is 0.0681 e. The van der Waals surface area contributed by atoms with E-state index in [9.17, 15) is 5.11 Å². The van der Waals surface area contributed by atoms with Crippen LogP contribution in [0.15, 0.2) is 188 Å². The molecule has 0 aliphatic heterocycles. The van der Waals surface area contributed by atoms with Gasteiger partial charge in [0.25, 0.3) is 0 Å². The highest BCUT2D eigenvalue weighted by Gasteiger charge is 2.58. The summed E-state index contributed by atoms with van der Waals surface area (Å²) >= 11 is 0. The lowest BCUT2D eigenvalue weighted by molar-refractivity contribution is 0.282. The van der Waals surface area contributed by atoms with Crippen LogP contribution in [0.25, 0.3) is 91.1 Å². The van der Waals surface area contributed by atoms with Crippen LogP contribution in [0.5, 0.6) is 0 Å². The monoisotopic (exact) mass is 1310 g/mol. The molecule has 0 aromatic heterocycles. The maximum atomic E-state index is 10.4. The minimum Gasteiger partial charge on any atom is -0.392 e. The molecule has 0 saturated heterocycles. The van der Waals surface area contributed by atoms with Crippen LogP contribution in [0, 0.1) is 0 Å². The molecule has 514 valence electrons. The van der Waals surface area contributed by atoms with Crippen LogP contribution < -0.4 is 0 Å². The highest BCUT2D eigenvalue weighted by molar-refractivity contribution is 6.06. The van der Waals surface area contributed by atoms with Crippen molar-refractivity contribution in [1.29, 1.82) is 0 Å². The van der Waals surface area contributed by atoms with Crippen molar-refractivity contribution in [2.24, 2.45) is 0 Å². The van der Waals surface area contributed by atoms with Gasteiger partial charge in [0.2, 0.25) is 0 Å². The molecule has 0 bridgehead atoms. The molecule has 0 atom stereocenters. The quantitative estimate of drug-likeness (QED) is 0.0302. The first-order valence-corrected chi connectivity index (χ1v) is 39.9. The Balaban J connectivity index is 1.20. The molecule has 0 heterocycles. The zero-order chi connectivity index (χ0) is 68.4. The van der Waals surface area contributed by atoms with Gasteiger partial charge < -0.3 is 5.11 Å². The fraction of sp³-hybridized carbons (Fsp3) is 0.408. The van der Waals surface area contributed by atoms with Gasteiger partial charge in [-0.3, -0.25) is 0 Å². The van der Waals surface area contributed by atoms with Gasteiger partial charge in [-0.05, 0) is 185 Å². The second-order valence-corrected chi connectivity index (χ2v) is 30.2. The van der Waals surface area contributed by atoms with E-state index in [-0.39, 0.29) is 22.9 Å². The lowest BCUT2D eigenvalue weighted by Gasteiger charge is -2.40. The van der Waals surface area contributed by atoms with Gasteiger partial charge in [-0.1, -0.05) is 390 Å². The number of hydrogen-bond acceptors (Lipinski definition) is 1. The molecule has 9 aromatic rings. The third-order valence-electron chi connectivity index (χ3n) is 23.6. The first-order valence-electron chi connectivity index (χ1n) is 39.9. The topological polar surface area (TPSA) is 20.2 Å². The van der Waals surface area contributed by atoms with Gasteiger partial charge in [-0.25, -0.2) is 0 Å². The Hall–Kier alpha value is -7.58. The number of benzene rings is 9. The lowest BCUT2D eigenvalue weighted by Crippen LogP contribution is -2.31. The summed E-state index contributed by atoms with van der Waals surface area (Å²) in [6, 6.07) is 73.3. The molecule has 99 heavy (non-hydrogen) atoms. The molecule has 1 N–H and O–H groups in total. The minimum atomic E-state index is -0.210. The zero-order valence-electron chi connectivity index (χ0n) is 61.6. The Morgan fingerprint density at radius 2 is 0.495 bits per heavy atom. The summed E-state index contributed by atoms with van der Waals surface area (Å²) in [5, 5.41) is 10.4. The molecule has 0 saturated carbocycles. The maximum absolute atomic E-state index is 10.4. The maximum Gasteiger partial charge on any atom is 0.0681 e. The second-order valence-electron chi connectivity index (χ2n) is 30.2. The van der Waals surface area contributed by atoms with Crippen LogP contribution in [-0.4, -0.2) is 5.11 Å². The lowest BCUT2D eigenvalue weighted by atomic mass is 9.63. The van der Waals surface area contributed by atoms with Crippen LogP contribution in [0.3, 0.4) is 0 Å². The van der Waals surface area contributed by atoms with Gasteiger partial charge in [-0.2, -0.15) is 0 Å². The minimum absolute atomic E-state index is 0.0525. The number of aliphatic hydroxyl groups excluding tert-OH is 1. The second kappa shape index (κ2) is 34.2. The molecule has 3 aliphatic rings. The largest absolute Gasteiger partial charge is 0.392 e. The van der Waals surface area contributed by atoms with Crippen LogP contribution in [-0.2, 0) is 22.9 Å². The summed E-state index contributed by atoms with van der Waals surface area (Å²) in [5.74, 6) is 0. The zero-order valence-corrected chi connectivity index (χ0v) is 61.6. The number of unbranched alkanes of at least 4 members (excludes halogenated alkanes) is 18. The number of hydrogen-bond donors (Lipinski definition) is 1. The SMILES string of the molecule is CCCCCCC1(CCCCCC)c2cc(-c3ccc(/C=C/c4ccccc4)cc3)ccc2-c2c1c1c(c3c2C(CCCCCC)(CCCCCC)c2cc(-c4ccc(CO)cc4)ccc2-3)C(CCCCCC)(CCCCCC)c2cc(-c3ccc(/C=C/c4ccccc4)cc3)ccc2-1. The van der Waals surface area contributed by atoms with E-state index >= 15 is 0 Å². The summed E-state index contributed by atoms with van der Waals surface area (Å²) < 4.78 is 0. The third kappa shape index (κ3) is 15.2. The fourth-order valence-electron chi connectivity index (χ4n) is 18.4. The molecule has 3 aliphatic carbocycles. The predicted octanol–water partition coefficient (Wildman–Crippen LogP) is 29.1. The van der Waals surface area contributed by atoms with E-state index in [2.05, 4.69) is 254 Å². The molecule has 1 heteroatoms. The highest BCUT2D eigenvalue weighted by Crippen LogP contribution is 2.72. The summed E-state index contributed by atoms with van der Waals surface area (Å²) in [6.07, 6.45) is 45.8. The summed E-state index contributed by atoms with van der Waals surface area (Å²) in [6.45, 7) is 14.5. The normalized spacial score (nSPS) is 14.2. The summed E-state index contributed by atoms with van der Waals surface area (Å²) in [7, 11) is 0. The van der Waals surface area contributed by atoms with Crippen LogP contribution in [0.4, 0.5) is 0 Å². The molecular weight excluding hydrogens is 1190 g/mol. The van der Waals surface area contributed by atoms with Crippen molar-refractivity contribution < 1.29 is 5.11 Å². The van der Waals surface area contributed by atoms with Crippen LogP contribution in [0.1, 0.15) is 295 Å². The van der Waals surface area contributed by atoms with Crippen molar-refractivity contribution in [2.45, 2.75) is 257 Å². The number of rotatable bonds is 38. The van der Waals surface area contributed by atoms with E-state index in [1.165, 1.54) is 226 Å². The van der Waals surface area contributed by atoms with Crippen molar-refractivity contribution in [3.63, 3.8) is 0 Å². The van der Waals surface area contributed by atoms with Crippen LogP contribution in [0.2, 0.25) is 0 Å². The van der Waals surface area contributed by atoms with E-state index in [4.69, 9.17) is 0 Å². The van der Waals surface area contributed by atoms with Crippen LogP contribution >= 0.6 is 0 Å². The van der Waals surface area contributed by atoms with Crippen molar-refractivity contribution in [1.82, 2.24) is 0 Å². The third-order valence-corrected chi connectivity index (χ3v) is 23.6. The Morgan fingerprint density at radius 3 is 0.747 bits per heavy atom. The molecule has 9 aromatic carbocycles. The van der Waals surface area contributed by atoms with Gasteiger partial charge >= 0.3 is 0 Å². The molecule has 0 amide bonds. The van der Waals surface area contributed by atoms with Crippen molar-refractivity contribution in [2.75, 3.05) is 0 Å². The van der Waals surface area contributed by atoms with Gasteiger partial charge in [0, 0.05) is 16.2 Å². The molecule has 12 rings (SSSR count).